The van der Waals surface area contributed by atoms with Crippen LogP contribution >= 0.6 is 0 Å². The number of benzene rings is 2. The molecule has 5 nitrogen and oxygen atoms in total. The highest BCUT2D eigenvalue weighted by Crippen LogP contribution is 2.28. The van der Waals surface area contributed by atoms with E-state index in [-0.39, 0.29) is 0 Å². The zero-order chi connectivity index (χ0) is 20.1. The Bertz CT molecular complexity index is 830. The minimum Gasteiger partial charge on any atom is -0.495 e. The highest BCUT2D eigenvalue weighted by molar-refractivity contribution is 5.76. The molecule has 0 saturated carbocycles. The number of rotatable bonds is 6. The molecule has 29 heavy (non-hydrogen) atoms. The van der Waals surface area contributed by atoms with Gasteiger partial charge in [-0.15, -0.1) is 0 Å². The summed E-state index contributed by atoms with van der Waals surface area (Å²) in [6.07, 6.45) is 2.87. The van der Waals surface area contributed by atoms with E-state index in [1.165, 1.54) is 16.8 Å². The first-order valence-electron chi connectivity index (χ1n) is 10.7. The molecule has 2 aliphatic heterocycles. The molecule has 2 saturated heterocycles. The van der Waals surface area contributed by atoms with Crippen molar-refractivity contribution in [1.82, 2.24) is 9.80 Å². The smallest absolute Gasteiger partial charge is 0.222 e. The number of ether oxygens (including phenoxy) is 1. The summed E-state index contributed by atoms with van der Waals surface area (Å²) in [7, 11) is 1.74. The van der Waals surface area contributed by atoms with Crippen LogP contribution in [0.3, 0.4) is 0 Å². The van der Waals surface area contributed by atoms with Gasteiger partial charge in [-0.05, 0) is 36.1 Å². The van der Waals surface area contributed by atoms with E-state index in [0.29, 0.717) is 12.3 Å². The Labute approximate surface area is 173 Å². The number of piperidine rings is 1. The molecule has 2 heterocycles. The molecule has 0 radical (unpaired) electrons. The van der Waals surface area contributed by atoms with Crippen LogP contribution in [0.4, 0.5) is 5.69 Å². The molecular formula is C24H31N3O2. The summed E-state index contributed by atoms with van der Waals surface area (Å²) >= 11 is 0. The quantitative estimate of drug-likeness (QED) is 0.752. The third-order valence-corrected chi connectivity index (χ3v) is 5.99. The van der Waals surface area contributed by atoms with Gasteiger partial charge in [-0.1, -0.05) is 36.4 Å². The molecule has 2 aromatic carbocycles. The first-order chi connectivity index (χ1) is 14.2. The van der Waals surface area contributed by atoms with Crippen molar-refractivity contribution < 1.29 is 9.53 Å². The van der Waals surface area contributed by atoms with E-state index in [0.717, 1.165) is 64.4 Å². The Balaban J connectivity index is 1.33. The zero-order valence-electron chi connectivity index (χ0n) is 17.3. The van der Waals surface area contributed by atoms with E-state index in [9.17, 15) is 4.79 Å². The van der Waals surface area contributed by atoms with Gasteiger partial charge < -0.3 is 14.5 Å². The largest absolute Gasteiger partial charge is 0.495 e. The highest BCUT2D eigenvalue weighted by atomic mass is 16.5. The minimum atomic E-state index is 0.300. The topological polar surface area (TPSA) is 36.0 Å². The number of amides is 1. The maximum atomic E-state index is 12.1. The number of methoxy groups -OCH3 is 1. The Morgan fingerprint density at radius 1 is 0.862 bits per heavy atom. The lowest BCUT2D eigenvalue weighted by Gasteiger charge is -2.36. The number of hydrogen-bond acceptors (Lipinski definition) is 4. The Morgan fingerprint density at radius 3 is 2.38 bits per heavy atom. The van der Waals surface area contributed by atoms with Crippen molar-refractivity contribution >= 4 is 11.6 Å². The van der Waals surface area contributed by atoms with Gasteiger partial charge in [0.15, 0.2) is 0 Å². The van der Waals surface area contributed by atoms with Crippen LogP contribution in [0.15, 0.2) is 48.5 Å². The molecule has 5 heteroatoms. The van der Waals surface area contributed by atoms with Crippen LogP contribution in [0, 0.1) is 0 Å². The molecule has 2 aromatic rings. The van der Waals surface area contributed by atoms with Crippen molar-refractivity contribution in [3.05, 3.63) is 59.7 Å². The number of carbonyl (C=O) groups is 1. The number of anilines is 1. The van der Waals surface area contributed by atoms with Crippen molar-refractivity contribution in [3.63, 3.8) is 0 Å². The molecule has 0 unspecified atom stereocenters. The van der Waals surface area contributed by atoms with Gasteiger partial charge in [0.05, 0.1) is 12.8 Å². The van der Waals surface area contributed by atoms with Gasteiger partial charge in [0.1, 0.15) is 5.75 Å². The molecule has 2 fully saturated rings. The Hall–Kier alpha value is -2.53. The number of likely N-dealkylation sites (tertiary alicyclic amines) is 1. The summed E-state index contributed by atoms with van der Waals surface area (Å²) in [5.41, 5.74) is 3.76. The van der Waals surface area contributed by atoms with Gasteiger partial charge in [-0.3, -0.25) is 9.69 Å². The van der Waals surface area contributed by atoms with Gasteiger partial charge in [0, 0.05) is 52.2 Å². The van der Waals surface area contributed by atoms with E-state index in [2.05, 4.69) is 46.2 Å². The molecule has 2 aliphatic rings. The molecule has 0 N–H and O–H groups in total. The van der Waals surface area contributed by atoms with Crippen LogP contribution in [0.1, 0.15) is 30.4 Å². The SMILES string of the molecule is COc1ccccc1N1CCN(Cc2cccc(CN3CCCCC3=O)c2)CC1. The fourth-order valence-corrected chi connectivity index (χ4v) is 4.37. The van der Waals surface area contributed by atoms with E-state index in [1.54, 1.807) is 7.11 Å². The first-order valence-corrected chi connectivity index (χ1v) is 10.7. The Kier molecular flexibility index (Phi) is 6.35. The lowest BCUT2D eigenvalue weighted by atomic mass is 10.1. The molecule has 154 valence electrons. The van der Waals surface area contributed by atoms with Crippen LogP contribution in [-0.4, -0.2) is 55.5 Å². The van der Waals surface area contributed by atoms with Crippen molar-refractivity contribution in [2.75, 3.05) is 44.7 Å². The monoisotopic (exact) mass is 393 g/mol. The van der Waals surface area contributed by atoms with Gasteiger partial charge >= 0.3 is 0 Å². The average Bonchev–Trinajstić information content (AvgIpc) is 2.76. The summed E-state index contributed by atoms with van der Waals surface area (Å²) in [5.74, 6) is 1.25. The zero-order valence-corrected chi connectivity index (χ0v) is 17.3. The second-order valence-electron chi connectivity index (χ2n) is 8.03. The fraction of sp³-hybridized carbons (Fsp3) is 0.458. The molecule has 0 spiro atoms. The second-order valence-corrected chi connectivity index (χ2v) is 8.03. The summed E-state index contributed by atoms with van der Waals surface area (Å²) in [6, 6.07) is 17.0. The predicted molar refractivity (Wildman–Crippen MR) is 116 cm³/mol. The van der Waals surface area contributed by atoms with Crippen LogP contribution < -0.4 is 9.64 Å². The summed E-state index contributed by atoms with van der Waals surface area (Å²) in [6.45, 7) is 6.67. The number of hydrogen-bond donors (Lipinski definition) is 0. The van der Waals surface area contributed by atoms with Crippen molar-refractivity contribution in [2.45, 2.75) is 32.4 Å². The Morgan fingerprint density at radius 2 is 1.62 bits per heavy atom. The molecule has 0 atom stereocenters. The minimum absolute atomic E-state index is 0.300. The van der Waals surface area contributed by atoms with E-state index >= 15 is 0 Å². The second kappa shape index (κ2) is 9.31. The first kappa shape index (κ1) is 19.8. The van der Waals surface area contributed by atoms with Gasteiger partial charge in [0.2, 0.25) is 5.91 Å². The van der Waals surface area contributed by atoms with Crippen LogP contribution in [0.2, 0.25) is 0 Å². The van der Waals surface area contributed by atoms with Gasteiger partial charge in [0.25, 0.3) is 0 Å². The maximum absolute atomic E-state index is 12.1. The highest BCUT2D eigenvalue weighted by Gasteiger charge is 2.20. The molecule has 4 rings (SSSR count). The lowest BCUT2D eigenvalue weighted by molar-refractivity contribution is -0.133. The van der Waals surface area contributed by atoms with Crippen molar-refractivity contribution in [2.24, 2.45) is 0 Å². The molecule has 0 aromatic heterocycles. The summed E-state index contributed by atoms with van der Waals surface area (Å²) < 4.78 is 5.52. The number of piperazine rings is 1. The van der Waals surface area contributed by atoms with Gasteiger partial charge in [-0.25, -0.2) is 0 Å². The number of carbonyl (C=O) groups excluding carboxylic acids is 1. The van der Waals surface area contributed by atoms with Gasteiger partial charge in [-0.2, -0.15) is 0 Å². The van der Waals surface area contributed by atoms with Crippen molar-refractivity contribution in [3.8, 4) is 5.75 Å². The van der Waals surface area contributed by atoms with Crippen molar-refractivity contribution in [1.29, 1.82) is 0 Å². The van der Waals surface area contributed by atoms with E-state index in [4.69, 9.17) is 4.74 Å². The molecular weight excluding hydrogens is 362 g/mol. The van der Waals surface area contributed by atoms with Crippen LogP contribution in [0.25, 0.3) is 0 Å². The van der Waals surface area contributed by atoms with E-state index in [1.807, 2.05) is 17.0 Å². The average molecular weight is 394 g/mol. The van der Waals surface area contributed by atoms with Crippen LogP contribution in [-0.2, 0) is 17.9 Å². The number of nitrogens with zero attached hydrogens (tertiary/aromatic N) is 3. The molecule has 0 aliphatic carbocycles. The predicted octanol–water partition coefficient (Wildman–Crippen LogP) is 3.53. The van der Waals surface area contributed by atoms with E-state index < -0.39 is 0 Å². The fourth-order valence-electron chi connectivity index (χ4n) is 4.37. The normalized spacial score (nSPS) is 18.2. The molecule has 1 amide bonds. The third kappa shape index (κ3) is 4.91. The summed E-state index contributed by atoms with van der Waals surface area (Å²) in [5, 5.41) is 0. The van der Waals surface area contributed by atoms with Crippen LogP contribution in [0.5, 0.6) is 5.75 Å². The lowest BCUT2D eigenvalue weighted by Crippen LogP contribution is -2.46. The summed E-state index contributed by atoms with van der Waals surface area (Å²) in [4.78, 5) is 19.0. The standard InChI is InChI=1S/C24H31N3O2/c1-29-23-10-3-2-9-22(23)26-15-13-25(14-16-26)18-20-7-6-8-21(17-20)19-27-12-5-4-11-24(27)28/h2-3,6-10,17H,4-5,11-16,18-19H2,1H3. The molecule has 0 bridgehead atoms. The maximum Gasteiger partial charge on any atom is 0.222 e. The number of para-hydroxylation sites is 2. The third-order valence-electron chi connectivity index (χ3n) is 5.99.